The normalized spacial score (nSPS) is 18.2. The molecule has 1 N–H and O–H groups in total. The molecule has 1 saturated heterocycles. The van der Waals surface area contributed by atoms with Crippen molar-refractivity contribution in [1.29, 1.82) is 0 Å². The van der Waals surface area contributed by atoms with Crippen molar-refractivity contribution in [2.75, 3.05) is 19.6 Å². The number of nitrogens with one attached hydrogen (secondary N) is 1. The van der Waals surface area contributed by atoms with E-state index in [1.54, 1.807) is 6.07 Å². The standard InChI is InChI=1S/C14H23N3O2/c1-11(17-6-4-3-5-7-17)10-15-14(18)9-13-8-12(2)19-16-13/h8,11H,3-7,9-10H2,1-2H3,(H,15,18). The predicted octanol–water partition coefficient (Wildman–Crippen LogP) is 1.52. The Morgan fingerprint density at radius 1 is 1.47 bits per heavy atom. The van der Waals surface area contributed by atoms with Crippen LogP contribution in [-0.4, -0.2) is 41.6 Å². The highest BCUT2D eigenvalue weighted by Gasteiger charge is 2.17. The highest BCUT2D eigenvalue weighted by atomic mass is 16.5. The molecule has 5 nitrogen and oxygen atoms in total. The molecule has 106 valence electrons. The van der Waals surface area contributed by atoms with Gasteiger partial charge >= 0.3 is 0 Å². The Kier molecular flexibility index (Phi) is 4.96. The van der Waals surface area contributed by atoms with Gasteiger partial charge in [-0.05, 0) is 39.8 Å². The molecule has 1 amide bonds. The van der Waals surface area contributed by atoms with Crippen molar-refractivity contribution in [1.82, 2.24) is 15.4 Å². The molecule has 1 unspecified atom stereocenters. The van der Waals surface area contributed by atoms with Gasteiger partial charge < -0.3 is 9.84 Å². The van der Waals surface area contributed by atoms with E-state index in [4.69, 9.17) is 4.52 Å². The van der Waals surface area contributed by atoms with Crippen LogP contribution in [0.1, 0.15) is 37.6 Å². The molecule has 0 aliphatic carbocycles. The number of hydrogen-bond acceptors (Lipinski definition) is 4. The van der Waals surface area contributed by atoms with E-state index < -0.39 is 0 Å². The number of hydrogen-bond donors (Lipinski definition) is 1. The second-order valence-corrected chi connectivity index (χ2v) is 5.36. The number of piperidine rings is 1. The number of rotatable bonds is 5. The second kappa shape index (κ2) is 6.70. The largest absolute Gasteiger partial charge is 0.361 e. The Hall–Kier alpha value is -1.36. The van der Waals surface area contributed by atoms with Gasteiger partial charge in [0.2, 0.25) is 5.91 Å². The summed E-state index contributed by atoms with van der Waals surface area (Å²) in [5, 5.41) is 6.80. The Labute approximate surface area is 114 Å². The number of aryl methyl sites for hydroxylation is 1. The minimum Gasteiger partial charge on any atom is -0.361 e. The van der Waals surface area contributed by atoms with Crippen molar-refractivity contribution < 1.29 is 9.32 Å². The lowest BCUT2D eigenvalue weighted by atomic mass is 10.1. The van der Waals surface area contributed by atoms with Crippen LogP contribution in [0.4, 0.5) is 0 Å². The van der Waals surface area contributed by atoms with Crippen molar-refractivity contribution in [3.63, 3.8) is 0 Å². The first-order valence-electron chi connectivity index (χ1n) is 7.08. The van der Waals surface area contributed by atoms with Crippen LogP contribution in [0.15, 0.2) is 10.6 Å². The lowest BCUT2D eigenvalue weighted by Crippen LogP contribution is -2.44. The van der Waals surface area contributed by atoms with Crippen molar-refractivity contribution in [3.05, 3.63) is 17.5 Å². The summed E-state index contributed by atoms with van der Waals surface area (Å²) in [6.45, 7) is 7.01. The summed E-state index contributed by atoms with van der Waals surface area (Å²) in [7, 11) is 0. The van der Waals surface area contributed by atoms with E-state index in [-0.39, 0.29) is 5.91 Å². The summed E-state index contributed by atoms with van der Waals surface area (Å²) < 4.78 is 4.95. The van der Waals surface area contributed by atoms with E-state index in [1.807, 2.05) is 6.92 Å². The average molecular weight is 265 g/mol. The zero-order chi connectivity index (χ0) is 13.7. The number of amides is 1. The maximum Gasteiger partial charge on any atom is 0.226 e. The molecule has 2 rings (SSSR count). The van der Waals surface area contributed by atoms with Gasteiger partial charge in [0.15, 0.2) is 0 Å². The first-order valence-corrected chi connectivity index (χ1v) is 7.08. The SMILES string of the molecule is Cc1cc(CC(=O)NCC(C)N2CCCCC2)no1. The highest BCUT2D eigenvalue weighted by molar-refractivity contribution is 5.78. The summed E-state index contributed by atoms with van der Waals surface area (Å²) in [6, 6.07) is 2.21. The Balaban J connectivity index is 1.70. The maximum atomic E-state index is 11.8. The summed E-state index contributed by atoms with van der Waals surface area (Å²) in [5.74, 6) is 0.752. The minimum absolute atomic E-state index is 0.0113. The summed E-state index contributed by atoms with van der Waals surface area (Å²) in [6.07, 6.45) is 4.18. The first kappa shape index (κ1) is 14.1. The molecule has 5 heteroatoms. The molecular formula is C14H23N3O2. The van der Waals surface area contributed by atoms with Crippen LogP contribution >= 0.6 is 0 Å². The quantitative estimate of drug-likeness (QED) is 0.877. The molecule has 0 aromatic carbocycles. The molecule has 1 fully saturated rings. The van der Waals surface area contributed by atoms with Crippen molar-refractivity contribution in [2.45, 2.75) is 45.6 Å². The van der Waals surface area contributed by atoms with E-state index in [0.717, 1.165) is 18.8 Å². The van der Waals surface area contributed by atoms with Crippen LogP contribution < -0.4 is 5.32 Å². The van der Waals surface area contributed by atoms with Gasteiger partial charge in [0, 0.05) is 18.7 Å². The molecular weight excluding hydrogens is 242 g/mol. The molecule has 1 aromatic rings. The molecule has 1 aliphatic rings. The van der Waals surface area contributed by atoms with E-state index in [1.165, 1.54) is 19.3 Å². The van der Waals surface area contributed by atoms with Crippen LogP contribution in [0.25, 0.3) is 0 Å². The molecule has 0 bridgehead atoms. The fourth-order valence-corrected chi connectivity index (χ4v) is 2.48. The van der Waals surface area contributed by atoms with Gasteiger partial charge in [-0.2, -0.15) is 0 Å². The topological polar surface area (TPSA) is 58.4 Å². The molecule has 0 spiro atoms. The third-order valence-electron chi connectivity index (χ3n) is 3.63. The van der Waals surface area contributed by atoms with Gasteiger partial charge in [-0.25, -0.2) is 0 Å². The third-order valence-corrected chi connectivity index (χ3v) is 3.63. The smallest absolute Gasteiger partial charge is 0.226 e. The van der Waals surface area contributed by atoms with Crippen molar-refractivity contribution in [3.8, 4) is 0 Å². The molecule has 1 aromatic heterocycles. The molecule has 0 radical (unpaired) electrons. The molecule has 1 aliphatic heterocycles. The number of carbonyl (C=O) groups excluding carboxylic acids is 1. The lowest BCUT2D eigenvalue weighted by Gasteiger charge is -2.32. The summed E-state index contributed by atoms with van der Waals surface area (Å²) in [5.41, 5.74) is 0.695. The zero-order valence-electron chi connectivity index (χ0n) is 11.8. The monoisotopic (exact) mass is 265 g/mol. The van der Waals surface area contributed by atoms with E-state index in [0.29, 0.717) is 24.7 Å². The molecule has 19 heavy (non-hydrogen) atoms. The second-order valence-electron chi connectivity index (χ2n) is 5.36. The van der Waals surface area contributed by atoms with E-state index in [2.05, 4.69) is 22.3 Å². The molecule has 2 heterocycles. The van der Waals surface area contributed by atoms with Gasteiger partial charge in [0.1, 0.15) is 5.76 Å². The van der Waals surface area contributed by atoms with Crippen LogP contribution in [0, 0.1) is 6.92 Å². The van der Waals surface area contributed by atoms with Crippen LogP contribution in [-0.2, 0) is 11.2 Å². The summed E-state index contributed by atoms with van der Waals surface area (Å²) in [4.78, 5) is 14.2. The number of carbonyl (C=O) groups is 1. The van der Waals surface area contributed by atoms with E-state index >= 15 is 0 Å². The third kappa shape index (κ3) is 4.35. The Morgan fingerprint density at radius 3 is 2.84 bits per heavy atom. The maximum absolute atomic E-state index is 11.8. The Bertz CT molecular complexity index is 411. The zero-order valence-corrected chi connectivity index (χ0v) is 11.8. The van der Waals surface area contributed by atoms with Gasteiger partial charge in [0.05, 0.1) is 12.1 Å². The number of nitrogens with zero attached hydrogens (tertiary/aromatic N) is 2. The van der Waals surface area contributed by atoms with Gasteiger partial charge in [-0.3, -0.25) is 9.69 Å². The van der Waals surface area contributed by atoms with Gasteiger partial charge in [-0.1, -0.05) is 11.6 Å². The summed E-state index contributed by atoms with van der Waals surface area (Å²) >= 11 is 0. The van der Waals surface area contributed by atoms with Gasteiger partial charge in [0.25, 0.3) is 0 Å². The number of aromatic nitrogens is 1. The highest BCUT2D eigenvalue weighted by Crippen LogP contribution is 2.11. The fraction of sp³-hybridized carbons (Fsp3) is 0.714. The minimum atomic E-state index is 0.0113. The average Bonchev–Trinajstić information content (AvgIpc) is 2.82. The number of likely N-dealkylation sites (tertiary alicyclic amines) is 1. The molecule has 0 saturated carbocycles. The van der Waals surface area contributed by atoms with Crippen LogP contribution in [0.5, 0.6) is 0 Å². The van der Waals surface area contributed by atoms with E-state index in [9.17, 15) is 4.79 Å². The fourth-order valence-electron chi connectivity index (χ4n) is 2.48. The van der Waals surface area contributed by atoms with Crippen molar-refractivity contribution in [2.24, 2.45) is 0 Å². The van der Waals surface area contributed by atoms with Crippen molar-refractivity contribution >= 4 is 5.91 Å². The lowest BCUT2D eigenvalue weighted by molar-refractivity contribution is -0.120. The van der Waals surface area contributed by atoms with Crippen LogP contribution in [0.3, 0.4) is 0 Å². The molecule has 1 atom stereocenters. The van der Waals surface area contributed by atoms with Gasteiger partial charge in [-0.15, -0.1) is 0 Å². The Morgan fingerprint density at radius 2 is 2.21 bits per heavy atom. The first-order chi connectivity index (χ1) is 9.15. The predicted molar refractivity (Wildman–Crippen MR) is 72.8 cm³/mol. The van der Waals surface area contributed by atoms with Crippen LogP contribution in [0.2, 0.25) is 0 Å².